The lowest BCUT2D eigenvalue weighted by molar-refractivity contribution is -0.385. The summed E-state index contributed by atoms with van der Waals surface area (Å²) in [5.41, 5.74) is 1.79. The van der Waals surface area contributed by atoms with Gasteiger partial charge in [0.15, 0.2) is 0 Å². The fourth-order valence-electron chi connectivity index (χ4n) is 1.71. The van der Waals surface area contributed by atoms with Gasteiger partial charge >= 0.3 is 5.69 Å². The molecule has 0 atom stereocenters. The molecule has 0 amide bonds. The number of nitrogens with zero attached hydrogens (tertiary/aromatic N) is 3. The molecule has 2 rings (SSSR count). The highest BCUT2D eigenvalue weighted by atomic mass is 79.9. The van der Waals surface area contributed by atoms with E-state index in [4.69, 9.17) is 11.6 Å². The van der Waals surface area contributed by atoms with Crippen LogP contribution in [0.1, 0.15) is 11.3 Å². The maximum absolute atomic E-state index is 10.9. The van der Waals surface area contributed by atoms with Crippen LogP contribution in [0.15, 0.2) is 22.7 Å². The summed E-state index contributed by atoms with van der Waals surface area (Å²) in [6.45, 7) is 3.45. The molecule has 0 saturated heterocycles. The molecule has 1 aromatic carbocycles. The number of nitro groups is 1. The molecule has 1 aromatic heterocycles. The third kappa shape index (κ3) is 2.13. The van der Waals surface area contributed by atoms with E-state index in [9.17, 15) is 10.1 Å². The molecule has 0 fully saturated rings. The molecule has 0 aliphatic rings. The Morgan fingerprint density at radius 2 is 2.11 bits per heavy atom. The van der Waals surface area contributed by atoms with E-state index >= 15 is 0 Å². The number of aromatic nitrogens is 2. The second kappa shape index (κ2) is 4.70. The quantitative estimate of drug-likeness (QED) is 0.621. The van der Waals surface area contributed by atoms with Crippen LogP contribution in [0.4, 0.5) is 5.69 Å². The van der Waals surface area contributed by atoms with Crippen molar-refractivity contribution >= 4 is 33.2 Å². The van der Waals surface area contributed by atoms with Crippen LogP contribution in [0.2, 0.25) is 5.15 Å². The maximum Gasteiger partial charge on any atom is 0.329 e. The standard InChI is InChI=1S/C11H9BrClN3O2/c1-6-5-8(12)3-4-9(6)15-11(13)10(16(17)18)7(2)14-15/h3-5H,1-2H3. The van der Waals surface area contributed by atoms with Gasteiger partial charge in [-0.05, 0) is 37.6 Å². The van der Waals surface area contributed by atoms with Gasteiger partial charge in [-0.1, -0.05) is 27.5 Å². The first kappa shape index (κ1) is 13.0. The van der Waals surface area contributed by atoms with Crippen LogP contribution >= 0.6 is 27.5 Å². The van der Waals surface area contributed by atoms with Gasteiger partial charge in [0.25, 0.3) is 0 Å². The van der Waals surface area contributed by atoms with Crippen LogP contribution in [-0.4, -0.2) is 14.7 Å². The van der Waals surface area contributed by atoms with Crippen LogP contribution in [-0.2, 0) is 0 Å². The van der Waals surface area contributed by atoms with Crippen molar-refractivity contribution in [2.75, 3.05) is 0 Å². The molecule has 0 aliphatic carbocycles. The van der Waals surface area contributed by atoms with Crippen LogP contribution in [0.25, 0.3) is 5.69 Å². The topological polar surface area (TPSA) is 61.0 Å². The summed E-state index contributed by atoms with van der Waals surface area (Å²) in [6, 6.07) is 5.54. The Morgan fingerprint density at radius 3 is 2.61 bits per heavy atom. The van der Waals surface area contributed by atoms with Gasteiger partial charge in [-0.3, -0.25) is 10.1 Å². The molecule has 94 valence electrons. The maximum atomic E-state index is 10.9. The number of aryl methyl sites for hydroxylation is 2. The van der Waals surface area contributed by atoms with Crippen LogP contribution < -0.4 is 0 Å². The van der Waals surface area contributed by atoms with E-state index in [1.54, 1.807) is 6.92 Å². The van der Waals surface area contributed by atoms with Crippen molar-refractivity contribution < 1.29 is 4.92 Å². The fourth-order valence-corrected chi connectivity index (χ4v) is 2.52. The molecular formula is C11H9BrClN3O2. The summed E-state index contributed by atoms with van der Waals surface area (Å²) >= 11 is 9.38. The number of hydrogen-bond donors (Lipinski definition) is 0. The first-order chi connectivity index (χ1) is 8.41. The third-order valence-corrected chi connectivity index (χ3v) is 3.38. The first-order valence-corrected chi connectivity index (χ1v) is 6.25. The van der Waals surface area contributed by atoms with Gasteiger partial charge in [-0.15, -0.1) is 0 Å². The Morgan fingerprint density at radius 1 is 1.44 bits per heavy atom. The molecule has 0 bridgehead atoms. The van der Waals surface area contributed by atoms with Gasteiger partial charge < -0.3 is 0 Å². The second-order valence-corrected chi connectivity index (χ2v) is 5.10. The third-order valence-electron chi connectivity index (χ3n) is 2.54. The minimum atomic E-state index is -0.518. The molecule has 18 heavy (non-hydrogen) atoms. The van der Waals surface area contributed by atoms with E-state index in [1.165, 1.54) is 4.68 Å². The van der Waals surface area contributed by atoms with Crippen molar-refractivity contribution in [3.63, 3.8) is 0 Å². The van der Waals surface area contributed by atoms with E-state index in [-0.39, 0.29) is 10.8 Å². The van der Waals surface area contributed by atoms with Gasteiger partial charge in [-0.2, -0.15) is 5.10 Å². The Labute approximate surface area is 117 Å². The van der Waals surface area contributed by atoms with Crippen molar-refractivity contribution in [3.8, 4) is 5.69 Å². The summed E-state index contributed by atoms with van der Waals surface area (Å²) in [5, 5.41) is 15.0. The lowest BCUT2D eigenvalue weighted by Crippen LogP contribution is -1.99. The van der Waals surface area contributed by atoms with Crippen LogP contribution in [0, 0.1) is 24.0 Å². The van der Waals surface area contributed by atoms with Crippen molar-refractivity contribution in [3.05, 3.63) is 49.2 Å². The molecule has 0 spiro atoms. The summed E-state index contributed by atoms with van der Waals surface area (Å²) in [4.78, 5) is 10.4. The number of benzene rings is 1. The largest absolute Gasteiger partial charge is 0.329 e. The highest BCUT2D eigenvalue weighted by molar-refractivity contribution is 9.10. The molecular weight excluding hydrogens is 321 g/mol. The first-order valence-electron chi connectivity index (χ1n) is 5.08. The lowest BCUT2D eigenvalue weighted by atomic mass is 10.2. The van der Waals surface area contributed by atoms with E-state index in [0.29, 0.717) is 5.69 Å². The zero-order valence-electron chi connectivity index (χ0n) is 9.65. The van der Waals surface area contributed by atoms with Crippen molar-refractivity contribution in [2.45, 2.75) is 13.8 Å². The van der Waals surface area contributed by atoms with Crippen molar-refractivity contribution in [2.24, 2.45) is 0 Å². The molecule has 0 N–H and O–H groups in total. The molecule has 1 heterocycles. The zero-order chi connectivity index (χ0) is 13.4. The average molecular weight is 331 g/mol. The number of rotatable bonds is 2. The van der Waals surface area contributed by atoms with Crippen molar-refractivity contribution in [1.82, 2.24) is 9.78 Å². The predicted octanol–water partition coefficient (Wildman–Crippen LogP) is 3.81. The molecule has 0 saturated carbocycles. The summed E-state index contributed by atoms with van der Waals surface area (Å²) in [6.07, 6.45) is 0. The Kier molecular flexibility index (Phi) is 3.41. The van der Waals surface area contributed by atoms with E-state index in [0.717, 1.165) is 15.7 Å². The highest BCUT2D eigenvalue weighted by Gasteiger charge is 2.24. The van der Waals surface area contributed by atoms with Gasteiger partial charge in [0.05, 0.1) is 10.6 Å². The van der Waals surface area contributed by atoms with E-state index in [2.05, 4.69) is 21.0 Å². The lowest BCUT2D eigenvalue weighted by Gasteiger charge is -2.06. The van der Waals surface area contributed by atoms with E-state index < -0.39 is 4.92 Å². The molecule has 0 radical (unpaired) electrons. The Hall–Kier alpha value is -1.40. The van der Waals surface area contributed by atoms with Crippen LogP contribution in [0.3, 0.4) is 0 Å². The fraction of sp³-hybridized carbons (Fsp3) is 0.182. The molecule has 0 unspecified atom stereocenters. The zero-order valence-corrected chi connectivity index (χ0v) is 12.0. The van der Waals surface area contributed by atoms with Gasteiger partial charge in [-0.25, -0.2) is 4.68 Å². The Balaban J connectivity index is 2.65. The smallest absolute Gasteiger partial charge is 0.258 e. The van der Waals surface area contributed by atoms with Gasteiger partial charge in [0.2, 0.25) is 5.15 Å². The summed E-state index contributed by atoms with van der Waals surface area (Å²) in [5.74, 6) is 0. The molecule has 0 aliphatic heterocycles. The van der Waals surface area contributed by atoms with Crippen LogP contribution in [0.5, 0.6) is 0 Å². The van der Waals surface area contributed by atoms with Crippen molar-refractivity contribution in [1.29, 1.82) is 0 Å². The van der Waals surface area contributed by atoms with Gasteiger partial charge in [0.1, 0.15) is 5.69 Å². The molecule has 7 heteroatoms. The normalized spacial score (nSPS) is 10.7. The SMILES string of the molecule is Cc1cc(Br)ccc1-n1nc(C)c([N+](=O)[O-])c1Cl. The minimum absolute atomic E-state index is 0.0166. The monoisotopic (exact) mass is 329 g/mol. The average Bonchev–Trinajstić information content (AvgIpc) is 2.54. The number of halogens is 2. The molecule has 2 aromatic rings. The molecule has 5 nitrogen and oxygen atoms in total. The van der Waals surface area contributed by atoms with E-state index in [1.807, 2.05) is 25.1 Å². The summed E-state index contributed by atoms with van der Waals surface area (Å²) < 4.78 is 2.31. The van der Waals surface area contributed by atoms with Gasteiger partial charge in [0, 0.05) is 4.47 Å². The predicted molar refractivity (Wildman–Crippen MR) is 72.4 cm³/mol. The number of hydrogen-bond acceptors (Lipinski definition) is 3. The minimum Gasteiger partial charge on any atom is -0.258 e. The summed E-state index contributed by atoms with van der Waals surface area (Å²) in [7, 11) is 0. The Bertz CT molecular complexity index is 639. The highest BCUT2D eigenvalue weighted by Crippen LogP contribution is 2.31. The second-order valence-electron chi connectivity index (χ2n) is 3.82.